The largest absolute Gasteiger partial charge is 0.392 e. The number of aromatic nitrogens is 2. The summed E-state index contributed by atoms with van der Waals surface area (Å²) in [4.78, 5) is 12.0. The maximum atomic E-state index is 11.5. The molecule has 2 N–H and O–H groups in total. The number of sulfonamides is 1. The van der Waals surface area contributed by atoms with Crippen LogP contribution in [-0.2, 0) is 29.7 Å². The Kier molecular flexibility index (Phi) is 7.96. The third-order valence-electron chi connectivity index (χ3n) is 6.82. The number of piperidine rings is 1. The number of aliphatic hydroxyl groups excluding tert-OH is 1. The standard InChI is InChI=1S/C27H34N4O3S/c1-19-7-5-13-28-26(19)24-9-4-10-25(27-20(2)8-6-14-29-27)31(24)17-22-12-11-21(15-23(22)18-32)16-30-35(3,33)34/h5-8,11-15,24-25,30,32H,4,9-10,16-18H2,1-3H3/t24-,25+. The highest BCUT2D eigenvalue weighted by molar-refractivity contribution is 7.88. The molecule has 4 rings (SSSR count). The smallest absolute Gasteiger partial charge is 0.209 e. The summed E-state index contributed by atoms with van der Waals surface area (Å²) in [6.45, 7) is 4.94. The second-order valence-corrected chi connectivity index (χ2v) is 11.2. The van der Waals surface area contributed by atoms with Crippen molar-refractivity contribution in [2.45, 2.75) is 64.9 Å². The highest BCUT2D eigenvalue weighted by atomic mass is 32.2. The molecule has 8 heteroatoms. The van der Waals surface area contributed by atoms with Crippen LogP contribution >= 0.6 is 0 Å². The summed E-state index contributed by atoms with van der Waals surface area (Å²) < 4.78 is 25.5. The molecule has 1 fully saturated rings. The maximum Gasteiger partial charge on any atom is 0.209 e. The zero-order valence-corrected chi connectivity index (χ0v) is 21.4. The van der Waals surface area contributed by atoms with E-state index in [0.29, 0.717) is 6.54 Å². The van der Waals surface area contributed by atoms with Crippen molar-refractivity contribution < 1.29 is 13.5 Å². The number of likely N-dealkylation sites (tertiary alicyclic amines) is 1. The Balaban J connectivity index is 1.72. The number of rotatable bonds is 8. The monoisotopic (exact) mass is 494 g/mol. The first-order valence-corrected chi connectivity index (χ1v) is 13.9. The van der Waals surface area contributed by atoms with Gasteiger partial charge in [0.2, 0.25) is 10.0 Å². The van der Waals surface area contributed by atoms with E-state index in [-0.39, 0.29) is 25.2 Å². The van der Waals surface area contributed by atoms with Gasteiger partial charge in [-0.1, -0.05) is 30.3 Å². The van der Waals surface area contributed by atoms with E-state index >= 15 is 0 Å². The minimum Gasteiger partial charge on any atom is -0.392 e. The fourth-order valence-electron chi connectivity index (χ4n) is 5.06. The zero-order valence-electron chi connectivity index (χ0n) is 20.6. The minimum absolute atomic E-state index is 0.115. The predicted molar refractivity (Wildman–Crippen MR) is 137 cm³/mol. The van der Waals surface area contributed by atoms with E-state index < -0.39 is 10.0 Å². The molecule has 2 aromatic heterocycles. The summed E-state index contributed by atoms with van der Waals surface area (Å²) in [5, 5.41) is 10.2. The van der Waals surface area contributed by atoms with Crippen LogP contribution in [0.3, 0.4) is 0 Å². The summed E-state index contributed by atoms with van der Waals surface area (Å²) >= 11 is 0. The second kappa shape index (κ2) is 11.0. The van der Waals surface area contributed by atoms with E-state index in [2.05, 4.69) is 35.6 Å². The van der Waals surface area contributed by atoms with Gasteiger partial charge in [-0.15, -0.1) is 0 Å². The Morgan fingerprint density at radius 1 is 0.971 bits per heavy atom. The van der Waals surface area contributed by atoms with Crippen LogP contribution in [0, 0.1) is 13.8 Å². The zero-order chi connectivity index (χ0) is 25.0. The molecule has 1 aliphatic rings. The summed E-state index contributed by atoms with van der Waals surface area (Å²) in [6, 6.07) is 14.3. The Labute approximate surface area is 208 Å². The van der Waals surface area contributed by atoms with Crippen LogP contribution in [-0.4, -0.2) is 34.6 Å². The normalized spacial score (nSPS) is 19.1. The Morgan fingerprint density at radius 2 is 1.57 bits per heavy atom. The van der Waals surface area contributed by atoms with Crippen molar-refractivity contribution in [3.05, 3.63) is 94.1 Å². The Hall–Kier alpha value is -2.65. The van der Waals surface area contributed by atoms with Crippen molar-refractivity contribution in [2.75, 3.05) is 6.26 Å². The van der Waals surface area contributed by atoms with Crippen LogP contribution in [0.4, 0.5) is 0 Å². The van der Waals surface area contributed by atoms with E-state index in [9.17, 15) is 13.5 Å². The van der Waals surface area contributed by atoms with E-state index in [1.54, 1.807) is 0 Å². The Bertz CT molecular complexity index is 1230. The van der Waals surface area contributed by atoms with E-state index in [4.69, 9.17) is 9.97 Å². The van der Waals surface area contributed by atoms with Crippen LogP contribution in [0.1, 0.15) is 70.6 Å². The average Bonchev–Trinajstić information content (AvgIpc) is 2.84. The van der Waals surface area contributed by atoms with Gasteiger partial charge in [0, 0.05) is 25.5 Å². The first-order valence-electron chi connectivity index (χ1n) is 12.0. The molecular weight excluding hydrogens is 460 g/mol. The van der Waals surface area contributed by atoms with Crippen LogP contribution in [0.2, 0.25) is 0 Å². The number of nitrogens with one attached hydrogen (secondary N) is 1. The SMILES string of the molecule is Cc1cccnc1[C@H]1CCC[C@@H](c2ncccc2C)N1Cc1ccc(CNS(C)(=O)=O)cc1CO. The van der Waals surface area contributed by atoms with Crippen LogP contribution in [0.15, 0.2) is 54.9 Å². The van der Waals surface area contributed by atoms with Gasteiger partial charge in [0.15, 0.2) is 0 Å². The summed E-state index contributed by atoms with van der Waals surface area (Å²) in [7, 11) is -3.29. The number of aliphatic hydroxyl groups is 1. The van der Waals surface area contributed by atoms with Gasteiger partial charge < -0.3 is 5.11 Å². The van der Waals surface area contributed by atoms with Crippen molar-refractivity contribution in [3.8, 4) is 0 Å². The van der Waals surface area contributed by atoms with Crippen molar-refractivity contribution in [3.63, 3.8) is 0 Å². The topological polar surface area (TPSA) is 95.4 Å². The number of nitrogens with zero attached hydrogens (tertiary/aromatic N) is 3. The third-order valence-corrected chi connectivity index (χ3v) is 7.49. The number of aryl methyl sites for hydroxylation is 2. The molecule has 0 saturated carbocycles. The number of benzene rings is 1. The minimum atomic E-state index is -3.29. The van der Waals surface area contributed by atoms with Gasteiger partial charge in [-0.2, -0.15) is 0 Å². The molecule has 0 radical (unpaired) electrons. The van der Waals surface area contributed by atoms with Crippen LogP contribution in [0.5, 0.6) is 0 Å². The lowest BCUT2D eigenvalue weighted by atomic mass is 9.88. The van der Waals surface area contributed by atoms with Gasteiger partial charge in [-0.3, -0.25) is 14.9 Å². The molecule has 3 aromatic rings. The van der Waals surface area contributed by atoms with Crippen molar-refractivity contribution in [1.82, 2.24) is 19.6 Å². The van der Waals surface area contributed by atoms with E-state index in [1.807, 2.05) is 42.7 Å². The quantitative estimate of drug-likeness (QED) is 0.490. The van der Waals surface area contributed by atoms with Gasteiger partial charge in [-0.25, -0.2) is 13.1 Å². The summed E-state index contributed by atoms with van der Waals surface area (Å²) in [5.74, 6) is 0. The van der Waals surface area contributed by atoms with Gasteiger partial charge in [0.05, 0.1) is 36.3 Å². The molecule has 1 aromatic carbocycles. The lowest BCUT2D eigenvalue weighted by Crippen LogP contribution is -2.37. The van der Waals surface area contributed by atoms with Crippen molar-refractivity contribution >= 4 is 10.0 Å². The second-order valence-electron chi connectivity index (χ2n) is 9.40. The molecule has 2 atom stereocenters. The molecule has 1 saturated heterocycles. The fraction of sp³-hybridized carbons (Fsp3) is 0.407. The lowest BCUT2D eigenvalue weighted by molar-refractivity contribution is 0.0672. The summed E-state index contributed by atoms with van der Waals surface area (Å²) in [6.07, 6.45) is 7.96. The number of pyridine rings is 2. The predicted octanol–water partition coefficient (Wildman–Crippen LogP) is 4.10. The fourth-order valence-corrected chi connectivity index (χ4v) is 5.49. The summed E-state index contributed by atoms with van der Waals surface area (Å²) in [5.41, 5.74) is 7.16. The average molecular weight is 495 g/mol. The molecule has 35 heavy (non-hydrogen) atoms. The molecule has 0 spiro atoms. The van der Waals surface area contributed by atoms with E-state index in [1.165, 1.54) is 11.1 Å². The molecule has 3 heterocycles. The van der Waals surface area contributed by atoms with Crippen LogP contribution < -0.4 is 4.72 Å². The highest BCUT2D eigenvalue weighted by Crippen LogP contribution is 2.43. The van der Waals surface area contributed by atoms with E-state index in [0.717, 1.165) is 53.6 Å². The molecular formula is C27H34N4O3S. The first-order chi connectivity index (χ1) is 16.8. The van der Waals surface area contributed by atoms with Crippen LogP contribution in [0.25, 0.3) is 0 Å². The number of hydrogen-bond donors (Lipinski definition) is 2. The highest BCUT2D eigenvalue weighted by Gasteiger charge is 2.35. The van der Waals surface area contributed by atoms with Crippen molar-refractivity contribution in [1.29, 1.82) is 0 Å². The van der Waals surface area contributed by atoms with Gasteiger partial charge in [0.25, 0.3) is 0 Å². The molecule has 0 bridgehead atoms. The molecule has 186 valence electrons. The van der Waals surface area contributed by atoms with Gasteiger partial charge >= 0.3 is 0 Å². The Morgan fingerprint density at radius 3 is 2.09 bits per heavy atom. The molecule has 0 amide bonds. The van der Waals surface area contributed by atoms with Crippen molar-refractivity contribution in [2.24, 2.45) is 0 Å². The molecule has 0 aliphatic carbocycles. The maximum absolute atomic E-state index is 11.5. The molecule has 7 nitrogen and oxygen atoms in total. The first kappa shape index (κ1) is 25.4. The third kappa shape index (κ3) is 6.13. The molecule has 1 aliphatic heterocycles. The van der Waals surface area contributed by atoms with Gasteiger partial charge in [-0.05, 0) is 73.1 Å². The molecule has 0 unspecified atom stereocenters. The van der Waals surface area contributed by atoms with Gasteiger partial charge in [0.1, 0.15) is 0 Å². The number of hydrogen-bond acceptors (Lipinski definition) is 6. The lowest BCUT2D eigenvalue weighted by Gasteiger charge is -2.43.